The van der Waals surface area contributed by atoms with Crippen LogP contribution in [0.25, 0.3) is 0 Å². The number of carbonyl (C=O) groups excluding carboxylic acids is 1. The Morgan fingerprint density at radius 2 is 2.38 bits per heavy atom. The second-order valence-corrected chi connectivity index (χ2v) is 5.53. The Morgan fingerprint density at radius 3 is 3.05 bits per heavy atom. The van der Waals surface area contributed by atoms with E-state index in [1.54, 1.807) is 17.8 Å². The minimum absolute atomic E-state index is 0.175. The summed E-state index contributed by atoms with van der Waals surface area (Å²) in [6, 6.07) is 0. The van der Waals surface area contributed by atoms with Gasteiger partial charge in [-0.1, -0.05) is 5.16 Å². The van der Waals surface area contributed by atoms with E-state index in [0.717, 1.165) is 24.9 Å². The highest BCUT2D eigenvalue weighted by molar-refractivity contribution is 5.76. The average molecular weight is 289 g/mol. The molecule has 3 heterocycles. The van der Waals surface area contributed by atoms with E-state index in [9.17, 15) is 4.79 Å². The van der Waals surface area contributed by atoms with Crippen LogP contribution in [0.1, 0.15) is 36.0 Å². The van der Waals surface area contributed by atoms with Gasteiger partial charge in [0.1, 0.15) is 0 Å². The number of hydrogen-bond donors (Lipinski definition) is 0. The van der Waals surface area contributed by atoms with E-state index in [-0.39, 0.29) is 11.8 Å². The standard InChI is InChI=1S/C14H19N5O2/c1-10-16-14(21-17-10)12-5-6-19(9-12)13(20)4-3-11-7-15-18(2)8-11/h7-8,12H,3-6,9H2,1-2H3. The topological polar surface area (TPSA) is 77.0 Å². The molecule has 0 N–H and O–H groups in total. The Kier molecular flexibility index (Phi) is 3.72. The van der Waals surface area contributed by atoms with Gasteiger partial charge >= 0.3 is 0 Å². The van der Waals surface area contributed by atoms with Crippen molar-refractivity contribution in [2.75, 3.05) is 13.1 Å². The Hall–Kier alpha value is -2.18. The molecule has 2 aromatic heterocycles. The van der Waals surface area contributed by atoms with Gasteiger partial charge in [-0.15, -0.1) is 0 Å². The van der Waals surface area contributed by atoms with Gasteiger partial charge in [0.25, 0.3) is 0 Å². The Bertz CT molecular complexity index is 633. The lowest BCUT2D eigenvalue weighted by molar-refractivity contribution is -0.130. The molecule has 1 fully saturated rings. The van der Waals surface area contributed by atoms with Gasteiger partial charge in [0.05, 0.1) is 12.1 Å². The highest BCUT2D eigenvalue weighted by Gasteiger charge is 2.30. The van der Waals surface area contributed by atoms with Crippen molar-refractivity contribution < 1.29 is 9.32 Å². The maximum atomic E-state index is 12.2. The summed E-state index contributed by atoms with van der Waals surface area (Å²) in [7, 11) is 1.88. The summed E-state index contributed by atoms with van der Waals surface area (Å²) >= 11 is 0. The number of rotatable bonds is 4. The van der Waals surface area contributed by atoms with Crippen molar-refractivity contribution in [2.24, 2.45) is 7.05 Å². The molecule has 1 amide bonds. The zero-order chi connectivity index (χ0) is 14.8. The first-order chi connectivity index (χ1) is 10.1. The molecule has 1 aliphatic heterocycles. The van der Waals surface area contributed by atoms with Crippen LogP contribution < -0.4 is 0 Å². The maximum absolute atomic E-state index is 12.2. The van der Waals surface area contributed by atoms with E-state index >= 15 is 0 Å². The van der Waals surface area contributed by atoms with Crippen LogP contribution in [0.2, 0.25) is 0 Å². The summed E-state index contributed by atoms with van der Waals surface area (Å²) < 4.78 is 6.95. The highest BCUT2D eigenvalue weighted by Crippen LogP contribution is 2.26. The van der Waals surface area contributed by atoms with Crippen molar-refractivity contribution in [3.63, 3.8) is 0 Å². The molecule has 7 nitrogen and oxygen atoms in total. The lowest BCUT2D eigenvalue weighted by Gasteiger charge is -2.15. The number of carbonyl (C=O) groups is 1. The summed E-state index contributed by atoms with van der Waals surface area (Å²) in [6.45, 7) is 3.24. The van der Waals surface area contributed by atoms with Crippen molar-refractivity contribution in [2.45, 2.75) is 32.1 Å². The third kappa shape index (κ3) is 3.12. The molecule has 21 heavy (non-hydrogen) atoms. The number of amides is 1. The van der Waals surface area contributed by atoms with Crippen LogP contribution >= 0.6 is 0 Å². The van der Waals surface area contributed by atoms with Crippen molar-refractivity contribution >= 4 is 5.91 Å². The second kappa shape index (κ2) is 5.67. The lowest BCUT2D eigenvalue weighted by Crippen LogP contribution is -2.28. The number of likely N-dealkylation sites (tertiary alicyclic amines) is 1. The SMILES string of the molecule is Cc1noc(C2CCN(C(=O)CCc3cnn(C)c3)C2)n1. The Labute approximate surface area is 122 Å². The minimum atomic E-state index is 0.175. The zero-order valence-corrected chi connectivity index (χ0v) is 12.3. The number of hydrogen-bond acceptors (Lipinski definition) is 5. The summed E-state index contributed by atoms with van der Waals surface area (Å²) in [5.41, 5.74) is 1.09. The molecule has 1 saturated heterocycles. The minimum Gasteiger partial charge on any atom is -0.342 e. The van der Waals surface area contributed by atoms with Crippen LogP contribution in [0.4, 0.5) is 0 Å². The molecule has 2 aromatic rings. The normalized spacial score (nSPS) is 18.4. The highest BCUT2D eigenvalue weighted by atomic mass is 16.5. The number of aromatic nitrogens is 4. The fourth-order valence-electron chi connectivity index (χ4n) is 2.68. The van der Waals surface area contributed by atoms with E-state index in [0.29, 0.717) is 24.7 Å². The summed E-state index contributed by atoms with van der Waals surface area (Å²) in [4.78, 5) is 18.4. The first-order valence-corrected chi connectivity index (χ1v) is 7.17. The predicted octanol–water partition coefficient (Wildman–Crippen LogP) is 1.06. The summed E-state index contributed by atoms with van der Waals surface area (Å²) in [5, 5.41) is 7.92. The Morgan fingerprint density at radius 1 is 1.52 bits per heavy atom. The fourth-order valence-corrected chi connectivity index (χ4v) is 2.68. The molecule has 1 aliphatic rings. The van der Waals surface area contributed by atoms with E-state index < -0.39 is 0 Å². The molecule has 0 spiro atoms. The predicted molar refractivity (Wildman–Crippen MR) is 74.5 cm³/mol. The van der Waals surface area contributed by atoms with Crippen LogP contribution in [-0.4, -0.2) is 43.8 Å². The first kappa shape index (κ1) is 13.8. The molecule has 1 atom stereocenters. The molecule has 3 rings (SSSR count). The monoisotopic (exact) mass is 289 g/mol. The number of nitrogens with zero attached hydrogens (tertiary/aromatic N) is 5. The third-order valence-corrected chi connectivity index (χ3v) is 3.82. The van der Waals surface area contributed by atoms with Crippen LogP contribution in [-0.2, 0) is 18.3 Å². The smallest absolute Gasteiger partial charge is 0.231 e. The van der Waals surface area contributed by atoms with Crippen molar-refractivity contribution in [1.82, 2.24) is 24.8 Å². The molecule has 0 bridgehead atoms. The van der Waals surface area contributed by atoms with Gasteiger partial charge in [0.15, 0.2) is 5.82 Å². The molecule has 0 radical (unpaired) electrons. The van der Waals surface area contributed by atoms with E-state index in [1.165, 1.54) is 0 Å². The molecule has 0 saturated carbocycles. The molecule has 7 heteroatoms. The maximum Gasteiger partial charge on any atom is 0.231 e. The molecule has 0 aliphatic carbocycles. The Balaban J connectivity index is 1.52. The molecular formula is C14H19N5O2. The van der Waals surface area contributed by atoms with Gasteiger partial charge < -0.3 is 9.42 Å². The van der Waals surface area contributed by atoms with Gasteiger partial charge in [-0.25, -0.2) is 0 Å². The van der Waals surface area contributed by atoms with Gasteiger partial charge in [0.2, 0.25) is 11.8 Å². The van der Waals surface area contributed by atoms with Gasteiger partial charge in [-0.05, 0) is 25.3 Å². The largest absolute Gasteiger partial charge is 0.342 e. The third-order valence-electron chi connectivity index (χ3n) is 3.82. The van der Waals surface area contributed by atoms with Crippen LogP contribution in [0.3, 0.4) is 0 Å². The first-order valence-electron chi connectivity index (χ1n) is 7.17. The molecule has 112 valence electrons. The van der Waals surface area contributed by atoms with Gasteiger partial charge in [-0.2, -0.15) is 10.1 Å². The van der Waals surface area contributed by atoms with E-state index in [1.807, 2.05) is 18.1 Å². The number of aryl methyl sites for hydroxylation is 3. The van der Waals surface area contributed by atoms with Crippen LogP contribution in [0, 0.1) is 6.92 Å². The van der Waals surface area contributed by atoms with Crippen molar-refractivity contribution in [3.05, 3.63) is 29.7 Å². The van der Waals surface area contributed by atoms with E-state index in [2.05, 4.69) is 15.2 Å². The lowest BCUT2D eigenvalue weighted by atomic mass is 10.1. The fraction of sp³-hybridized carbons (Fsp3) is 0.571. The molecular weight excluding hydrogens is 270 g/mol. The van der Waals surface area contributed by atoms with Crippen molar-refractivity contribution in [3.8, 4) is 0 Å². The quantitative estimate of drug-likeness (QED) is 0.841. The average Bonchev–Trinajstić information content (AvgIpc) is 3.16. The molecule has 1 unspecified atom stereocenters. The second-order valence-electron chi connectivity index (χ2n) is 5.53. The van der Waals surface area contributed by atoms with E-state index in [4.69, 9.17) is 4.52 Å². The summed E-state index contributed by atoms with van der Waals surface area (Å²) in [6.07, 6.45) is 5.89. The zero-order valence-electron chi connectivity index (χ0n) is 12.3. The van der Waals surface area contributed by atoms with Gasteiger partial charge in [0, 0.05) is 32.8 Å². The summed E-state index contributed by atoms with van der Waals surface area (Å²) in [5.74, 6) is 1.65. The molecule has 0 aromatic carbocycles. The van der Waals surface area contributed by atoms with Crippen molar-refractivity contribution in [1.29, 1.82) is 0 Å². The van der Waals surface area contributed by atoms with Crippen LogP contribution in [0.15, 0.2) is 16.9 Å². The van der Waals surface area contributed by atoms with Crippen LogP contribution in [0.5, 0.6) is 0 Å². The van der Waals surface area contributed by atoms with Gasteiger partial charge in [-0.3, -0.25) is 9.48 Å².